The van der Waals surface area contributed by atoms with Crippen LogP contribution in [0.25, 0.3) is 28.0 Å². The van der Waals surface area contributed by atoms with Crippen LogP contribution in [0.3, 0.4) is 0 Å². The van der Waals surface area contributed by atoms with Gasteiger partial charge in [-0.3, -0.25) is 4.40 Å². The number of imidazole rings is 1. The van der Waals surface area contributed by atoms with Gasteiger partial charge in [-0.1, -0.05) is 22.0 Å². The van der Waals surface area contributed by atoms with Gasteiger partial charge in [0.2, 0.25) is 0 Å². The molecule has 0 fully saturated rings. The maximum absolute atomic E-state index is 5.76. The number of aromatic nitrogens is 2. The van der Waals surface area contributed by atoms with E-state index >= 15 is 0 Å². The first-order chi connectivity index (χ1) is 8.72. The molecule has 4 rings (SSSR count). The molecular weight excluding hydrogens is 292 g/mol. The molecule has 4 aromatic rings. The summed E-state index contributed by atoms with van der Waals surface area (Å²) in [7, 11) is 0. The smallest absolute Gasteiger partial charge is 0.307 e. The van der Waals surface area contributed by atoms with Crippen molar-refractivity contribution in [1.29, 1.82) is 0 Å². The fourth-order valence-corrected chi connectivity index (χ4v) is 2.66. The lowest BCUT2D eigenvalue weighted by molar-refractivity contribution is 0.643. The molecule has 4 heteroatoms. The molecular formula is C14H9BrN2O. The molecule has 0 radical (unpaired) electrons. The topological polar surface area (TPSA) is 30.4 Å². The molecule has 0 atom stereocenters. The van der Waals surface area contributed by atoms with Gasteiger partial charge in [0.15, 0.2) is 5.58 Å². The average molecular weight is 301 g/mol. The number of hydrogen-bond acceptors (Lipinski definition) is 2. The van der Waals surface area contributed by atoms with Crippen molar-refractivity contribution in [3.05, 3.63) is 46.4 Å². The molecule has 0 aliphatic carbocycles. The summed E-state index contributed by atoms with van der Waals surface area (Å²) >= 11 is 3.49. The monoisotopic (exact) mass is 300 g/mol. The Kier molecular flexibility index (Phi) is 1.89. The summed E-state index contributed by atoms with van der Waals surface area (Å²) in [5, 5.41) is 0. The van der Waals surface area contributed by atoms with Crippen molar-refractivity contribution in [3.8, 4) is 0 Å². The Morgan fingerprint density at radius 2 is 2.00 bits per heavy atom. The van der Waals surface area contributed by atoms with Crippen LogP contribution < -0.4 is 0 Å². The van der Waals surface area contributed by atoms with Crippen molar-refractivity contribution in [2.24, 2.45) is 0 Å². The maximum atomic E-state index is 5.76. The summed E-state index contributed by atoms with van der Waals surface area (Å²) < 4.78 is 8.86. The van der Waals surface area contributed by atoms with Gasteiger partial charge in [0.1, 0.15) is 0 Å². The van der Waals surface area contributed by atoms with Crippen LogP contribution in [0.5, 0.6) is 0 Å². The fraction of sp³-hybridized carbons (Fsp3) is 0.0714. The number of rotatable bonds is 0. The number of hydrogen-bond donors (Lipinski definition) is 0. The van der Waals surface area contributed by atoms with E-state index in [2.05, 4.69) is 50.4 Å². The lowest BCUT2D eigenvalue weighted by Crippen LogP contribution is -1.81. The van der Waals surface area contributed by atoms with Crippen molar-refractivity contribution < 1.29 is 4.42 Å². The minimum absolute atomic E-state index is 0.642. The van der Waals surface area contributed by atoms with Gasteiger partial charge in [0.25, 0.3) is 0 Å². The van der Waals surface area contributed by atoms with E-state index in [9.17, 15) is 0 Å². The van der Waals surface area contributed by atoms with Crippen LogP contribution in [0.4, 0.5) is 0 Å². The second-order valence-electron chi connectivity index (χ2n) is 4.44. The van der Waals surface area contributed by atoms with Gasteiger partial charge in [-0.25, -0.2) is 0 Å². The third-order valence-electron chi connectivity index (χ3n) is 3.14. The molecule has 3 nitrogen and oxygen atoms in total. The molecule has 2 aromatic carbocycles. The molecule has 0 unspecified atom stereocenters. The molecule has 2 aromatic heterocycles. The minimum atomic E-state index is 0.642. The molecule has 0 N–H and O–H groups in total. The first-order valence-electron chi connectivity index (χ1n) is 5.69. The van der Waals surface area contributed by atoms with Gasteiger partial charge in [-0.2, -0.15) is 4.98 Å². The summed E-state index contributed by atoms with van der Waals surface area (Å²) in [6.45, 7) is 2.08. The molecule has 0 aliphatic rings. The summed E-state index contributed by atoms with van der Waals surface area (Å²) in [4.78, 5) is 4.50. The van der Waals surface area contributed by atoms with E-state index in [0.717, 1.165) is 26.6 Å². The molecule has 0 bridgehead atoms. The van der Waals surface area contributed by atoms with Crippen LogP contribution in [-0.2, 0) is 0 Å². The first-order valence-corrected chi connectivity index (χ1v) is 6.48. The Balaban J connectivity index is 2.30. The minimum Gasteiger partial charge on any atom is -0.423 e. The number of benzene rings is 2. The van der Waals surface area contributed by atoms with E-state index in [1.54, 1.807) is 0 Å². The zero-order valence-electron chi connectivity index (χ0n) is 9.64. The highest BCUT2D eigenvalue weighted by Gasteiger charge is 2.12. The lowest BCUT2D eigenvalue weighted by Gasteiger charge is -1.95. The van der Waals surface area contributed by atoms with Crippen molar-refractivity contribution in [2.45, 2.75) is 6.92 Å². The second-order valence-corrected chi connectivity index (χ2v) is 5.35. The maximum Gasteiger partial charge on any atom is 0.307 e. The van der Waals surface area contributed by atoms with Crippen molar-refractivity contribution in [2.75, 3.05) is 0 Å². The van der Waals surface area contributed by atoms with E-state index in [0.29, 0.717) is 5.84 Å². The van der Waals surface area contributed by atoms with Crippen molar-refractivity contribution >= 4 is 43.9 Å². The van der Waals surface area contributed by atoms with Crippen LogP contribution in [0.2, 0.25) is 0 Å². The predicted octanol–water partition coefficient (Wildman–Crippen LogP) is 4.30. The predicted molar refractivity (Wildman–Crippen MR) is 74.9 cm³/mol. The quantitative estimate of drug-likeness (QED) is 0.484. The first kappa shape index (κ1) is 10.1. The Labute approximate surface area is 111 Å². The van der Waals surface area contributed by atoms with E-state index in [1.165, 1.54) is 5.56 Å². The highest BCUT2D eigenvalue weighted by Crippen LogP contribution is 2.28. The van der Waals surface area contributed by atoms with Crippen LogP contribution in [0, 0.1) is 6.92 Å². The molecule has 0 saturated carbocycles. The number of nitrogens with zero attached hydrogens (tertiary/aromatic N) is 2. The van der Waals surface area contributed by atoms with Crippen LogP contribution in [0.15, 0.2) is 45.3 Å². The Morgan fingerprint density at radius 3 is 2.89 bits per heavy atom. The summed E-state index contributed by atoms with van der Waals surface area (Å²) in [5.74, 6) is 0.642. The van der Waals surface area contributed by atoms with Crippen LogP contribution in [0.1, 0.15) is 5.56 Å². The molecule has 88 valence electrons. The average Bonchev–Trinajstić information content (AvgIpc) is 2.85. The van der Waals surface area contributed by atoms with Gasteiger partial charge < -0.3 is 4.42 Å². The largest absolute Gasteiger partial charge is 0.423 e. The van der Waals surface area contributed by atoms with E-state index in [1.807, 2.05) is 18.2 Å². The molecule has 2 heterocycles. The van der Waals surface area contributed by atoms with Gasteiger partial charge in [-0.05, 0) is 42.8 Å². The Bertz CT molecular complexity index is 833. The van der Waals surface area contributed by atoms with E-state index in [-0.39, 0.29) is 0 Å². The number of oxazole rings is 1. The van der Waals surface area contributed by atoms with Crippen LogP contribution >= 0.6 is 15.9 Å². The molecule has 18 heavy (non-hydrogen) atoms. The summed E-state index contributed by atoms with van der Waals surface area (Å²) in [6.07, 6.45) is 0. The van der Waals surface area contributed by atoms with Gasteiger partial charge >= 0.3 is 5.84 Å². The number of aryl methyl sites for hydroxylation is 1. The highest BCUT2D eigenvalue weighted by molar-refractivity contribution is 9.10. The van der Waals surface area contributed by atoms with Gasteiger partial charge in [0, 0.05) is 4.47 Å². The Morgan fingerprint density at radius 1 is 1.11 bits per heavy atom. The molecule has 0 spiro atoms. The number of halogens is 1. The standard InChI is InChI=1S/C14H9BrN2O/c1-8-2-4-10-11(6-8)17-12-7-9(15)3-5-13(12)18-14(17)16-10/h2-7H,1H3. The van der Waals surface area contributed by atoms with Crippen LogP contribution in [-0.4, -0.2) is 9.38 Å². The molecule has 0 saturated heterocycles. The summed E-state index contributed by atoms with van der Waals surface area (Å²) in [6, 6.07) is 12.2. The van der Waals surface area contributed by atoms with E-state index < -0.39 is 0 Å². The summed E-state index contributed by atoms with van der Waals surface area (Å²) in [5.41, 5.74) is 5.15. The van der Waals surface area contributed by atoms with Crippen molar-refractivity contribution in [3.63, 3.8) is 0 Å². The second kappa shape index (κ2) is 3.36. The molecule has 0 aliphatic heterocycles. The third kappa shape index (κ3) is 1.26. The number of fused-ring (bicyclic) bond motifs is 5. The molecule has 0 amide bonds. The third-order valence-corrected chi connectivity index (χ3v) is 3.64. The zero-order chi connectivity index (χ0) is 12.3. The highest BCUT2D eigenvalue weighted by atomic mass is 79.9. The SMILES string of the molecule is Cc1ccc2nc3oc4ccc(Br)cc4n3c2c1. The normalized spacial score (nSPS) is 11.9. The Hall–Kier alpha value is -1.81. The van der Waals surface area contributed by atoms with E-state index in [4.69, 9.17) is 4.42 Å². The van der Waals surface area contributed by atoms with Gasteiger partial charge in [0.05, 0.1) is 16.6 Å². The van der Waals surface area contributed by atoms with Gasteiger partial charge in [-0.15, -0.1) is 0 Å². The zero-order valence-corrected chi connectivity index (χ0v) is 11.2. The fourth-order valence-electron chi connectivity index (χ4n) is 2.31. The van der Waals surface area contributed by atoms with Crippen molar-refractivity contribution in [1.82, 2.24) is 9.38 Å². The lowest BCUT2D eigenvalue weighted by atomic mass is 10.2.